The average Bonchev–Trinajstić information content (AvgIpc) is 3.09. The van der Waals surface area contributed by atoms with Gasteiger partial charge in [-0.2, -0.15) is 0 Å². The molecule has 126 valence electrons. The Labute approximate surface area is 142 Å². The topological polar surface area (TPSA) is 38.8 Å². The van der Waals surface area contributed by atoms with Crippen molar-refractivity contribution in [3.8, 4) is 0 Å². The van der Waals surface area contributed by atoms with Crippen LogP contribution in [-0.4, -0.2) is 50.8 Å². The zero-order valence-corrected chi connectivity index (χ0v) is 14.5. The molecular weight excluding hydrogens is 310 g/mol. The number of methoxy groups -OCH3 is 1. The van der Waals surface area contributed by atoms with Crippen molar-refractivity contribution in [1.29, 1.82) is 0 Å². The summed E-state index contributed by atoms with van der Waals surface area (Å²) in [6.07, 6.45) is 6.83. The van der Waals surface area contributed by atoms with Gasteiger partial charge in [-0.3, -0.25) is 4.79 Å². The number of amides is 1. The summed E-state index contributed by atoms with van der Waals surface area (Å²) in [5.74, 6) is 0.587. The van der Waals surface area contributed by atoms with Gasteiger partial charge in [-0.1, -0.05) is 6.07 Å². The Balaban J connectivity index is 1.57. The van der Waals surface area contributed by atoms with E-state index in [9.17, 15) is 4.79 Å². The molecule has 1 aromatic heterocycles. The molecule has 23 heavy (non-hydrogen) atoms. The zero-order valence-electron chi connectivity index (χ0n) is 13.7. The molecule has 2 saturated heterocycles. The fourth-order valence-corrected chi connectivity index (χ4v) is 4.40. The fraction of sp³-hybridized carbons (Fsp3) is 0.611. The first-order chi connectivity index (χ1) is 11.2. The molecule has 2 fully saturated rings. The van der Waals surface area contributed by atoms with E-state index < -0.39 is 0 Å². The fourth-order valence-electron chi connectivity index (χ4n) is 3.78. The smallest absolute Gasteiger partial charge is 0.246 e. The molecule has 1 spiro atoms. The molecule has 0 bridgehead atoms. The Kier molecular flexibility index (Phi) is 5.51. The van der Waals surface area contributed by atoms with Gasteiger partial charge in [-0.25, -0.2) is 0 Å². The summed E-state index contributed by atoms with van der Waals surface area (Å²) in [5.41, 5.74) is 0.294. The zero-order chi connectivity index (χ0) is 16.1. The summed E-state index contributed by atoms with van der Waals surface area (Å²) in [4.78, 5) is 15.5. The van der Waals surface area contributed by atoms with E-state index in [1.54, 1.807) is 24.5 Å². The molecule has 3 rings (SSSR count). The Hall–Kier alpha value is -1.17. The third kappa shape index (κ3) is 3.84. The minimum atomic E-state index is 0.128. The number of hydrogen-bond acceptors (Lipinski definition) is 4. The number of ether oxygens (including phenoxy) is 2. The predicted molar refractivity (Wildman–Crippen MR) is 92.4 cm³/mol. The van der Waals surface area contributed by atoms with Gasteiger partial charge >= 0.3 is 0 Å². The van der Waals surface area contributed by atoms with Crippen LogP contribution in [0.2, 0.25) is 0 Å². The second kappa shape index (κ2) is 7.60. The number of likely N-dealkylation sites (tertiary alicyclic amines) is 1. The molecule has 0 aromatic carbocycles. The van der Waals surface area contributed by atoms with Crippen LogP contribution >= 0.6 is 11.3 Å². The molecule has 3 heterocycles. The van der Waals surface area contributed by atoms with E-state index in [0.29, 0.717) is 11.3 Å². The van der Waals surface area contributed by atoms with Crippen molar-refractivity contribution in [2.75, 3.05) is 40.0 Å². The lowest BCUT2D eigenvalue weighted by molar-refractivity contribution is -0.133. The molecule has 0 unspecified atom stereocenters. The van der Waals surface area contributed by atoms with Crippen LogP contribution in [0.1, 0.15) is 24.1 Å². The molecule has 1 amide bonds. The molecule has 2 aliphatic heterocycles. The highest BCUT2D eigenvalue weighted by Crippen LogP contribution is 2.44. The molecule has 0 N–H and O–H groups in total. The summed E-state index contributed by atoms with van der Waals surface area (Å²) >= 11 is 1.65. The van der Waals surface area contributed by atoms with Crippen LogP contribution in [0.3, 0.4) is 0 Å². The van der Waals surface area contributed by atoms with Crippen molar-refractivity contribution in [3.63, 3.8) is 0 Å². The average molecular weight is 335 g/mol. The van der Waals surface area contributed by atoms with E-state index in [0.717, 1.165) is 57.0 Å². The quantitative estimate of drug-likeness (QED) is 0.794. The second-order valence-corrected chi connectivity index (χ2v) is 7.49. The van der Waals surface area contributed by atoms with Crippen molar-refractivity contribution in [2.45, 2.75) is 19.3 Å². The SMILES string of the molecule is COC[C@@H]1COCCC12CCN(C(=O)/C=C/c1cccs1)CC2. The molecule has 0 aliphatic carbocycles. The Morgan fingerprint density at radius 1 is 1.48 bits per heavy atom. The number of thiophene rings is 1. The molecule has 5 heteroatoms. The lowest BCUT2D eigenvalue weighted by Gasteiger charge is -2.48. The second-order valence-electron chi connectivity index (χ2n) is 6.51. The normalized spacial score (nSPS) is 24.4. The molecule has 4 nitrogen and oxygen atoms in total. The van der Waals surface area contributed by atoms with Crippen LogP contribution in [0.15, 0.2) is 23.6 Å². The third-order valence-corrected chi connectivity index (χ3v) is 6.14. The van der Waals surface area contributed by atoms with Crippen LogP contribution in [0.25, 0.3) is 6.08 Å². The molecule has 1 aromatic rings. The summed E-state index contributed by atoms with van der Waals surface area (Å²) in [5, 5.41) is 2.02. The van der Waals surface area contributed by atoms with E-state index in [2.05, 4.69) is 0 Å². The van der Waals surface area contributed by atoms with E-state index in [4.69, 9.17) is 9.47 Å². The number of piperidine rings is 1. The van der Waals surface area contributed by atoms with Crippen molar-refractivity contribution < 1.29 is 14.3 Å². The first-order valence-corrected chi connectivity index (χ1v) is 9.19. The maximum absolute atomic E-state index is 12.4. The largest absolute Gasteiger partial charge is 0.384 e. The van der Waals surface area contributed by atoms with E-state index in [1.807, 2.05) is 28.5 Å². The van der Waals surface area contributed by atoms with Gasteiger partial charge in [0.05, 0.1) is 13.2 Å². The summed E-state index contributed by atoms with van der Waals surface area (Å²) in [6.45, 7) is 4.07. The maximum Gasteiger partial charge on any atom is 0.246 e. The first kappa shape index (κ1) is 16.7. The van der Waals surface area contributed by atoms with E-state index in [-0.39, 0.29) is 5.91 Å². The number of hydrogen-bond donors (Lipinski definition) is 0. The van der Waals surface area contributed by atoms with E-state index in [1.165, 1.54) is 0 Å². The minimum absolute atomic E-state index is 0.128. The highest BCUT2D eigenvalue weighted by atomic mass is 32.1. The van der Waals surface area contributed by atoms with Crippen LogP contribution in [-0.2, 0) is 14.3 Å². The van der Waals surface area contributed by atoms with Crippen LogP contribution < -0.4 is 0 Å². The Morgan fingerprint density at radius 3 is 3.00 bits per heavy atom. The standard InChI is InChI=1S/C18H25NO3S/c1-21-13-15-14-22-11-8-18(15)6-9-19(10-7-18)17(20)5-4-16-3-2-12-23-16/h2-5,12,15H,6-11,13-14H2,1H3/b5-4+/t15-/m1/s1. The summed E-state index contributed by atoms with van der Waals surface area (Å²) < 4.78 is 11.0. The Bertz CT molecular complexity index is 530. The number of rotatable bonds is 4. The first-order valence-electron chi connectivity index (χ1n) is 8.31. The van der Waals surface area contributed by atoms with Crippen LogP contribution in [0, 0.1) is 11.3 Å². The van der Waals surface area contributed by atoms with Crippen molar-refractivity contribution in [3.05, 3.63) is 28.5 Å². The van der Waals surface area contributed by atoms with Gasteiger partial charge < -0.3 is 14.4 Å². The Morgan fingerprint density at radius 2 is 2.30 bits per heavy atom. The molecule has 1 atom stereocenters. The van der Waals surface area contributed by atoms with Crippen molar-refractivity contribution in [2.24, 2.45) is 11.3 Å². The van der Waals surface area contributed by atoms with Gasteiger partial charge in [-0.05, 0) is 42.2 Å². The minimum Gasteiger partial charge on any atom is -0.384 e. The summed E-state index contributed by atoms with van der Waals surface area (Å²) in [7, 11) is 1.76. The lowest BCUT2D eigenvalue weighted by atomic mass is 9.66. The number of carbonyl (C=O) groups excluding carboxylic acids is 1. The monoisotopic (exact) mass is 335 g/mol. The van der Waals surface area contributed by atoms with Crippen LogP contribution in [0.4, 0.5) is 0 Å². The van der Waals surface area contributed by atoms with Gasteiger partial charge in [-0.15, -0.1) is 11.3 Å². The van der Waals surface area contributed by atoms with Gasteiger partial charge in [0.25, 0.3) is 0 Å². The van der Waals surface area contributed by atoms with Gasteiger partial charge in [0, 0.05) is 43.7 Å². The third-order valence-electron chi connectivity index (χ3n) is 5.30. The highest BCUT2D eigenvalue weighted by Gasteiger charge is 2.43. The number of nitrogens with zero attached hydrogens (tertiary/aromatic N) is 1. The molecule has 2 aliphatic rings. The van der Waals surface area contributed by atoms with Gasteiger partial charge in [0.15, 0.2) is 0 Å². The maximum atomic E-state index is 12.4. The number of carbonyl (C=O) groups is 1. The van der Waals surface area contributed by atoms with Crippen molar-refractivity contribution >= 4 is 23.3 Å². The molecule has 0 saturated carbocycles. The lowest BCUT2D eigenvalue weighted by Crippen LogP contribution is -2.50. The molecular formula is C18H25NO3S. The van der Waals surface area contributed by atoms with Crippen LogP contribution in [0.5, 0.6) is 0 Å². The predicted octanol–water partition coefficient (Wildman–Crippen LogP) is 3.05. The van der Waals surface area contributed by atoms with Gasteiger partial charge in [0.1, 0.15) is 0 Å². The molecule has 0 radical (unpaired) electrons. The summed E-state index contributed by atoms with van der Waals surface area (Å²) in [6, 6.07) is 4.03. The van der Waals surface area contributed by atoms with E-state index >= 15 is 0 Å². The van der Waals surface area contributed by atoms with Crippen molar-refractivity contribution in [1.82, 2.24) is 4.90 Å². The highest BCUT2D eigenvalue weighted by molar-refractivity contribution is 7.10. The van der Waals surface area contributed by atoms with Gasteiger partial charge in [0.2, 0.25) is 5.91 Å².